The maximum atomic E-state index is 13.4. The van der Waals surface area contributed by atoms with E-state index in [9.17, 15) is 19.2 Å². The lowest BCUT2D eigenvalue weighted by atomic mass is 10.1. The van der Waals surface area contributed by atoms with Gasteiger partial charge >= 0.3 is 6.09 Å². The van der Waals surface area contributed by atoms with Crippen molar-refractivity contribution in [1.82, 2.24) is 19.7 Å². The minimum absolute atomic E-state index is 0.0987. The fourth-order valence-corrected chi connectivity index (χ4v) is 5.43. The molecule has 14 heteroatoms. The molecule has 1 aliphatic heterocycles. The van der Waals surface area contributed by atoms with Gasteiger partial charge in [-0.1, -0.05) is 23.7 Å². The summed E-state index contributed by atoms with van der Waals surface area (Å²) in [6.07, 6.45) is 1.01. The van der Waals surface area contributed by atoms with Crippen molar-refractivity contribution in [2.45, 2.75) is 31.3 Å². The third-order valence-corrected chi connectivity index (χ3v) is 8.17. The molecule has 2 heterocycles. The van der Waals surface area contributed by atoms with Crippen LogP contribution in [0.1, 0.15) is 47.1 Å². The molecule has 47 heavy (non-hydrogen) atoms. The van der Waals surface area contributed by atoms with Crippen molar-refractivity contribution in [3.8, 4) is 0 Å². The van der Waals surface area contributed by atoms with Crippen molar-refractivity contribution in [1.29, 1.82) is 5.41 Å². The second kappa shape index (κ2) is 15.3. The van der Waals surface area contributed by atoms with Crippen LogP contribution < -0.4 is 10.6 Å². The third kappa shape index (κ3) is 9.93. The largest absolute Gasteiger partial charge is 0.444 e. The average Bonchev–Trinajstić information content (AvgIpc) is 3.04. The molecule has 1 saturated heterocycles. The van der Waals surface area contributed by atoms with Gasteiger partial charge in [0.25, 0.3) is 11.8 Å². The number of nitrogens with zero attached hydrogens (tertiary/aromatic N) is 4. The predicted molar refractivity (Wildman–Crippen MR) is 184 cm³/mol. The summed E-state index contributed by atoms with van der Waals surface area (Å²) in [5.74, 6) is -0.356. The summed E-state index contributed by atoms with van der Waals surface area (Å²) in [6, 6.07) is 14.7. The number of amides is 4. The van der Waals surface area contributed by atoms with Crippen LogP contribution in [0.5, 0.6) is 0 Å². The SMILES string of the molecule is CN(C)C(=N)c1ccc(C(=O)Nc2ccc(SCC(=O)N3CCN(C(=O)OC(C)(C)C)CC3)cc2C(=O)Nc2ccc(Cl)cn2)cc1. The highest BCUT2D eigenvalue weighted by Crippen LogP contribution is 2.27. The number of carbonyl (C=O) groups is 4. The normalized spacial score (nSPS) is 13.1. The van der Waals surface area contributed by atoms with Crippen LogP contribution in [0.3, 0.4) is 0 Å². The Hall–Kier alpha value is -4.62. The molecule has 1 aromatic heterocycles. The molecule has 1 fully saturated rings. The first kappa shape index (κ1) is 35.2. The number of piperazine rings is 1. The van der Waals surface area contributed by atoms with Gasteiger partial charge < -0.3 is 30.1 Å². The molecule has 3 aromatic rings. The van der Waals surface area contributed by atoms with E-state index >= 15 is 0 Å². The van der Waals surface area contributed by atoms with Crippen LogP contribution in [0.25, 0.3) is 0 Å². The Morgan fingerprint density at radius 3 is 2.15 bits per heavy atom. The quantitative estimate of drug-likeness (QED) is 0.165. The maximum absolute atomic E-state index is 13.4. The number of ether oxygens (including phenoxy) is 1. The van der Waals surface area contributed by atoms with E-state index in [-0.39, 0.29) is 28.7 Å². The Balaban J connectivity index is 1.45. The van der Waals surface area contributed by atoms with Gasteiger partial charge in [0.2, 0.25) is 5.91 Å². The van der Waals surface area contributed by atoms with Crippen LogP contribution in [-0.2, 0) is 9.53 Å². The van der Waals surface area contributed by atoms with Gasteiger partial charge in [0.1, 0.15) is 17.3 Å². The van der Waals surface area contributed by atoms with E-state index < -0.39 is 23.5 Å². The molecule has 3 N–H and O–H groups in total. The monoisotopic (exact) mass is 679 g/mol. The zero-order valence-electron chi connectivity index (χ0n) is 26.9. The number of nitrogens with one attached hydrogen (secondary N) is 3. The topological polar surface area (TPSA) is 148 Å². The molecule has 2 aromatic carbocycles. The van der Waals surface area contributed by atoms with E-state index in [0.29, 0.717) is 53.1 Å². The molecule has 4 amide bonds. The second-order valence-electron chi connectivity index (χ2n) is 11.9. The highest BCUT2D eigenvalue weighted by molar-refractivity contribution is 8.00. The molecule has 4 rings (SSSR count). The maximum Gasteiger partial charge on any atom is 0.410 e. The standard InChI is InChI=1S/C33H38ClN7O5S/c1-33(2,3)46-32(45)41-16-14-40(15-17-41)28(42)20-47-24-11-12-26(25(18-24)31(44)38-27-13-10-23(34)19-36-27)37-30(43)22-8-6-21(7-9-22)29(35)39(4)5/h6-13,18-19,35H,14-17,20H2,1-5H3,(H,37,43)(H,36,38,44). The van der Waals surface area contributed by atoms with E-state index in [1.165, 1.54) is 18.0 Å². The first-order valence-electron chi connectivity index (χ1n) is 14.8. The van der Waals surface area contributed by atoms with Gasteiger partial charge in [0.05, 0.1) is 22.0 Å². The number of thioether (sulfide) groups is 1. The van der Waals surface area contributed by atoms with E-state index in [1.807, 2.05) is 20.8 Å². The molecule has 0 unspecified atom stereocenters. The summed E-state index contributed by atoms with van der Waals surface area (Å²) in [4.78, 5) is 61.8. The van der Waals surface area contributed by atoms with Gasteiger partial charge in [-0.15, -0.1) is 11.8 Å². The number of anilines is 2. The molecule has 0 aliphatic carbocycles. The van der Waals surface area contributed by atoms with Crippen LogP contribution >= 0.6 is 23.4 Å². The number of benzene rings is 2. The highest BCUT2D eigenvalue weighted by Gasteiger charge is 2.28. The lowest BCUT2D eigenvalue weighted by Gasteiger charge is -2.35. The molecule has 0 atom stereocenters. The smallest absolute Gasteiger partial charge is 0.410 e. The third-order valence-electron chi connectivity index (χ3n) is 6.97. The Kier molecular flexibility index (Phi) is 11.5. The number of halogens is 1. The molecule has 0 radical (unpaired) electrons. The molecule has 1 aliphatic rings. The van der Waals surface area contributed by atoms with Crippen molar-refractivity contribution in [3.05, 3.63) is 82.5 Å². The fourth-order valence-electron chi connectivity index (χ4n) is 4.48. The summed E-state index contributed by atoms with van der Waals surface area (Å²) in [5.41, 5.74) is 0.846. The summed E-state index contributed by atoms with van der Waals surface area (Å²) in [5, 5.41) is 14.1. The van der Waals surface area contributed by atoms with Crippen LogP contribution in [-0.4, -0.2) is 101 Å². The minimum atomic E-state index is -0.594. The summed E-state index contributed by atoms with van der Waals surface area (Å²) in [6.45, 7) is 6.97. The molecule has 0 bridgehead atoms. The first-order valence-corrected chi connectivity index (χ1v) is 16.2. The molecule has 0 spiro atoms. The summed E-state index contributed by atoms with van der Waals surface area (Å²) >= 11 is 7.20. The number of rotatable bonds is 8. The van der Waals surface area contributed by atoms with Gasteiger partial charge in [0.15, 0.2) is 0 Å². The fraction of sp³-hybridized carbons (Fsp3) is 0.333. The van der Waals surface area contributed by atoms with Crippen molar-refractivity contribution in [2.24, 2.45) is 0 Å². The van der Waals surface area contributed by atoms with Gasteiger partial charge in [0, 0.05) is 62.5 Å². The number of pyridine rings is 1. The number of hydrogen-bond donors (Lipinski definition) is 3. The van der Waals surface area contributed by atoms with Gasteiger partial charge in [-0.3, -0.25) is 19.8 Å². The number of carbonyl (C=O) groups excluding carboxylic acids is 4. The van der Waals surface area contributed by atoms with E-state index in [2.05, 4.69) is 15.6 Å². The Morgan fingerprint density at radius 1 is 0.915 bits per heavy atom. The van der Waals surface area contributed by atoms with Crippen LogP contribution in [0, 0.1) is 5.41 Å². The molecule has 0 saturated carbocycles. The van der Waals surface area contributed by atoms with E-state index in [0.717, 1.165) is 0 Å². The van der Waals surface area contributed by atoms with Gasteiger partial charge in [-0.25, -0.2) is 9.78 Å². The Bertz CT molecular complexity index is 1630. The van der Waals surface area contributed by atoms with Gasteiger partial charge in [-0.2, -0.15) is 0 Å². The highest BCUT2D eigenvalue weighted by atomic mass is 35.5. The van der Waals surface area contributed by atoms with Crippen molar-refractivity contribution in [3.63, 3.8) is 0 Å². The Morgan fingerprint density at radius 2 is 1.55 bits per heavy atom. The molecule has 248 valence electrons. The zero-order valence-corrected chi connectivity index (χ0v) is 28.5. The zero-order chi connectivity index (χ0) is 34.3. The van der Waals surface area contributed by atoms with Gasteiger partial charge in [-0.05, 0) is 63.2 Å². The van der Waals surface area contributed by atoms with Crippen molar-refractivity contribution in [2.75, 3.05) is 56.7 Å². The lowest BCUT2D eigenvalue weighted by molar-refractivity contribution is -0.130. The number of hydrogen-bond acceptors (Lipinski definition) is 8. The Labute approximate surface area is 283 Å². The molecular weight excluding hydrogens is 642 g/mol. The van der Waals surface area contributed by atoms with Crippen molar-refractivity contribution >= 4 is 64.5 Å². The first-order chi connectivity index (χ1) is 22.2. The van der Waals surface area contributed by atoms with Crippen LogP contribution in [0.4, 0.5) is 16.3 Å². The number of amidine groups is 1. The van der Waals surface area contributed by atoms with E-state index in [4.69, 9.17) is 21.7 Å². The summed E-state index contributed by atoms with van der Waals surface area (Å²) < 4.78 is 5.43. The van der Waals surface area contributed by atoms with E-state index in [1.54, 1.807) is 83.4 Å². The predicted octanol–water partition coefficient (Wildman–Crippen LogP) is 5.30. The number of aromatic nitrogens is 1. The lowest BCUT2D eigenvalue weighted by Crippen LogP contribution is -2.52. The van der Waals surface area contributed by atoms with Crippen LogP contribution in [0.2, 0.25) is 5.02 Å². The molecular formula is C33H38ClN7O5S. The summed E-state index contributed by atoms with van der Waals surface area (Å²) in [7, 11) is 3.53. The second-order valence-corrected chi connectivity index (χ2v) is 13.4. The minimum Gasteiger partial charge on any atom is -0.444 e. The average molecular weight is 680 g/mol. The molecule has 12 nitrogen and oxygen atoms in total. The van der Waals surface area contributed by atoms with Crippen LogP contribution in [0.15, 0.2) is 65.7 Å². The van der Waals surface area contributed by atoms with Crippen molar-refractivity contribution < 1.29 is 23.9 Å².